The summed E-state index contributed by atoms with van der Waals surface area (Å²) in [6, 6.07) is 11.9. The van der Waals surface area contributed by atoms with E-state index in [-0.39, 0.29) is 24.4 Å². The van der Waals surface area contributed by atoms with E-state index >= 15 is 0 Å². The predicted molar refractivity (Wildman–Crippen MR) is 143 cm³/mol. The standard InChI is InChI=1S/C28H37N5O5/c1-4-38-17-9-16-32(26(34)19-33-24-13-8-7-12-23(24)30-31-33)27(28(35)29-20-10-5-6-11-20)22-18-21(36-2)14-15-25(22)37-3/h7-8,12-15,18,20,27H,4-6,9-11,16-17,19H2,1-3H3,(H,29,35)/t27-/m0/s1. The second-order valence-corrected chi connectivity index (χ2v) is 9.37. The fraction of sp³-hybridized carbons (Fsp3) is 0.500. The van der Waals surface area contributed by atoms with E-state index in [0.29, 0.717) is 48.8 Å². The van der Waals surface area contributed by atoms with Gasteiger partial charge in [0.1, 0.15) is 29.6 Å². The number of ether oxygens (including phenoxy) is 3. The molecule has 1 atom stereocenters. The molecule has 1 N–H and O–H groups in total. The normalized spacial score (nSPS) is 14.4. The van der Waals surface area contributed by atoms with Gasteiger partial charge in [-0.15, -0.1) is 5.10 Å². The van der Waals surface area contributed by atoms with Crippen molar-refractivity contribution in [2.24, 2.45) is 0 Å². The topological polar surface area (TPSA) is 108 Å². The van der Waals surface area contributed by atoms with Gasteiger partial charge < -0.3 is 24.4 Å². The lowest BCUT2D eigenvalue weighted by atomic mass is 10.0. The SMILES string of the molecule is CCOCCCN(C(=O)Cn1nnc2ccccc21)[C@H](C(=O)NC1CCCC1)c1cc(OC)ccc1OC. The van der Waals surface area contributed by atoms with Gasteiger partial charge in [0.2, 0.25) is 11.8 Å². The maximum atomic E-state index is 14.0. The summed E-state index contributed by atoms with van der Waals surface area (Å²) in [6.45, 7) is 3.23. The van der Waals surface area contributed by atoms with Crippen LogP contribution < -0.4 is 14.8 Å². The van der Waals surface area contributed by atoms with Crippen molar-refractivity contribution in [1.29, 1.82) is 0 Å². The number of para-hydroxylation sites is 1. The van der Waals surface area contributed by atoms with E-state index in [0.717, 1.165) is 31.2 Å². The Bertz CT molecular complexity index is 1220. The number of methoxy groups -OCH3 is 2. The van der Waals surface area contributed by atoms with E-state index in [1.165, 1.54) is 0 Å². The Morgan fingerprint density at radius 1 is 1.13 bits per heavy atom. The minimum atomic E-state index is -0.926. The Kier molecular flexibility index (Phi) is 9.53. The van der Waals surface area contributed by atoms with Crippen molar-refractivity contribution in [2.75, 3.05) is 34.0 Å². The molecule has 1 aliphatic rings. The van der Waals surface area contributed by atoms with E-state index in [9.17, 15) is 9.59 Å². The van der Waals surface area contributed by atoms with Gasteiger partial charge >= 0.3 is 0 Å². The average molecular weight is 524 g/mol. The van der Waals surface area contributed by atoms with Gasteiger partial charge in [-0.1, -0.05) is 30.2 Å². The largest absolute Gasteiger partial charge is 0.497 e. The summed E-state index contributed by atoms with van der Waals surface area (Å²) in [6.07, 6.45) is 4.58. The zero-order valence-electron chi connectivity index (χ0n) is 22.4. The quantitative estimate of drug-likeness (QED) is 0.342. The van der Waals surface area contributed by atoms with Crippen LogP contribution in [0.2, 0.25) is 0 Å². The number of fused-ring (bicyclic) bond motifs is 1. The molecule has 1 aliphatic carbocycles. The molecule has 1 aromatic heterocycles. The summed E-state index contributed by atoms with van der Waals surface area (Å²) in [5, 5.41) is 11.6. The Labute approximate surface area is 223 Å². The van der Waals surface area contributed by atoms with Crippen LogP contribution in [0, 0.1) is 0 Å². The fourth-order valence-electron chi connectivity index (χ4n) is 4.99. The van der Waals surface area contributed by atoms with Crippen molar-refractivity contribution >= 4 is 22.8 Å². The minimum absolute atomic E-state index is 0.0609. The molecular formula is C28H37N5O5. The molecule has 38 heavy (non-hydrogen) atoms. The molecule has 3 aromatic rings. The molecule has 1 heterocycles. The molecule has 0 unspecified atom stereocenters. The van der Waals surface area contributed by atoms with Gasteiger partial charge in [0.05, 0.1) is 19.7 Å². The lowest BCUT2D eigenvalue weighted by molar-refractivity contribution is -0.142. The summed E-state index contributed by atoms with van der Waals surface area (Å²) in [7, 11) is 3.13. The Morgan fingerprint density at radius 2 is 1.92 bits per heavy atom. The molecule has 2 aromatic carbocycles. The Balaban J connectivity index is 1.72. The van der Waals surface area contributed by atoms with Crippen LogP contribution in [-0.2, 0) is 20.9 Å². The average Bonchev–Trinajstić information content (AvgIpc) is 3.60. The molecule has 0 saturated heterocycles. The minimum Gasteiger partial charge on any atom is -0.497 e. The first-order chi connectivity index (χ1) is 18.5. The van der Waals surface area contributed by atoms with Crippen LogP contribution in [0.25, 0.3) is 11.0 Å². The summed E-state index contributed by atoms with van der Waals surface area (Å²) in [5.41, 5.74) is 2.02. The Morgan fingerprint density at radius 3 is 2.66 bits per heavy atom. The van der Waals surface area contributed by atoms with Gasteiger partial charge in [-0.25, -0.2) is 4.68 Å². The van der Waals surface area contributed by atoms with E-state index < -0.39 is 6.04 Å². The van der Waals surface area contributed by atoms with Gasteiger partial charge in [-0.05, 0) is 56.5 Å². The van der Waals surface area contributed by atoms with Gasteiger partial charge in [0.25, 0.3) is 0 Å². The third-order valence-corrected chi connectivity index (χ3v) is 6.91. The summed E-state index contributed by atoms with van der Waals surface area (Å²) in [4.78, 5) is 29.5. The molecule has 10 nitrogen and oxygen atoms in total. The molecule has 0 spiro atoms. The number of aromatic nitrogens is 3. The lowest BCUT2D eigenvalue weighted by Crippen LogP contribution is -2.47. The van der Waals surface area contributed by atoms with Crippen LogP contribution in [0.4, 0.5) is 0 Å². The highest BCUT2D eigenvalue weighted by molar-refractivity contribution is 5.90. The molecule has 0 aliphatic heterocycles. The van der Waals surface area contributed by atoms with Crippen LogP contribution in [0.15, 0.2) is 42.5 Å². The number of nitrogens with zero attached hydrogens (tertiary/aromatic N) is 4. The third-order valence-electron chi connectivity index (χ3n) is 6.91. The second-order valence-electron chi connectivity index (χ2n) is 9.37. The van der Waals surface area contributed by atoms with Crippen LogP contribution >= 0.6 is 0 Å². The van der Waals surface area contributed by atoms with Crippen LogP contribution in [0.5, 0.6) is 11.5 Å². The first-order valence-corrected chi connectivity index (χ1v) is 13.2. The molecular weight excluding hydrogens is 486 g/mol. The van der Waals surface area contributed by atoms with E-state index in [2.05, 4.69) is 15.6 Å². The van der Waals surface area contributed by atoms with E-state index in [4.69, 9.17) is 14.2 Å². The maximum Gasteiger partial charge on any atom is 0.247 e. The Hall–Kier alpha value is -3.66. The number of rotatable bonds is 13. The number of hydrogen-bond donors (Lipinski definition) is 1. The smallest absolute Gasteiger partial charge is 0.247 e. The monoisotopic (exact) mass is 523 g/mol. The van der Waals surface area contributed by atoms with E-state index in [1.807, 2.05) is 31.2 Å². The number of carbonyl (C=O) groups is 2. The molecule has 1 saturated carbocycles. The number of hydrogen-bond acceptors (Lipinski definition) is 7. The number of nitrogens with one attached hydrogen (secondary N) is 1. The van der Waals surface area contributed by atoms with Crippen LogP contribution in [-0.4, -0.2) is 71.7 Å². The maximum absolute atomic E-state index is 14.0. The van der Waals surface area contributed by atoms with Crippen molar-refractivity contribution in [2.45, 2.75) is 57.7 Å². The van der Waals surface area contributed by atoms with Gasteiger partial charge in [-0.3, -0.25) is 9.59 Å². The fourth-order valence-corrected chi connectivity index (χ4v) is 4.99. The summed E-state index contributed by atoms with van der Waals surface area (Å²) < 4.78 is 18.3. The summed E-state index contributed by atoms with van der Waals surface area (Å²) in [5.74, 6) is 0.583. The van der Waals surface area contributed by atoms with Crippen LogP contribution in [0.3, 0.4) is 0 Å². The second kappa shape index (κ2) is 13.2. The zero-order valence-corrected chi connectivity index (χ0v) is 22.4. The molecule has 0 radical (unpaired) electrons. The molecule has 4 rings (SSSR count). The number of amides is 2. The van der Waals surface area contributed by atoms with Crippen molar-refractivity contribution in [3.63, 3.8) is 0 Å². The highest BCUT2D eigenvalue weighted by atomic mass is 16.5. The molecule has 204 valence electrons. The van der Waals surface area contributed by atoms with Crippen molar-refractivity contribution < 1.29 is 23.8 Å². The first-order valence-electron chi connectivity index (χ1n) is 13.2. The van der Waals surface area contributed by atoms with Gasteiger partial charge in [0, 0.05) is 31.4 Å². The number of carbonyl (C=O) groups excluding carboxylic acids is 2. The predicted octanol–water partition coefficient (Wildman–Crippen LogP) is 3.50. The first kappa shape index (κ1) is 27.4. The van der Waals surface area contributed by atoms with Crippen LogP contribution in [0.1, 0.15) is 50.6 Å². The lowest BCUT2D eigenvalue weighted by Gasteiger charge is -2.33. The molecule has 10 heteroatoms. The number of benzene rings is 2. The van der Waals surface area contributed by atoms with Crippen molar-refractivity contribution in [1.82, 2.24) is 25.2 Å². The molecule has 1 fully saturated rings. The van der Waals surface area contributed by atoms with Crippen molar-refractivity contribution in [3.05, 3.63) is 48.0 Å². The van der Waals surface area contributed by atoms with Gasteiger partial charge in [0.15, 0.2) is 0 Å². The highest BCUT2D eigenvalue weighted by Gasteiger charge is 2.35. The van der Waals surface area contributed by atoms with E-state index in [1.54, 1.807) is 42.0 Å². The molecule has 2 amide bonds. The zero-order chi connectivity index (χ0) is 26.9. The summed E-state index contributed by atoms with van der Waals surface area (Å²) >= 11 is 0. The van der Waals surface area contributed by atoms with Crippen molar-refractivity contribution in [3.8, 4) is 11.5 Å². The molecule has 0 bridgehead atoms. The highest BCUT2D eigenvalue weighted by Crippen LogP contribution is 2.34. The van der Waals surface area contributed by atoms with Gasteiger partial charge in [-0.2, -0.15) is 0 Å². The third kappa shape index (κ3) is 6.42.